The van der Waals surface area contributed by atoms with Crippen molar-refractivity contribution < 1.29 is 18.7 Å². The summed E-state index contributed by atoms with van der Waals surface area (Å²) in [5.41, 5.74) is -0.761. The summed E-state index contributed by atoms with van der Waals surface area (Å²) in [4.78, 5) is 10.6. The average Bonchev–Trinajstić information content (AvgIpc) is 2.01. The highest BCUT2D eigenvalue weighted by Gasteiger charge is 2.17. The maximum atomic E-state index is 12.2. The third kappa shape index (κ3) is 2.13. The molecule has 0 heterocycles. The number of carboxylic acid groups (broad SMARTS) is 1. The molecule has 0 unspecified atom stereocenters. The van der Waals surface area contributed by atoms with Gasteiger partial charge in [0.25, 0.3) is 6.43 Å². The minimum absolute atomic E-state index is 0.291. The maximum absolute atomic E-state index is 12.2. The number of halogens is 4. The summed E-state index contributed by atoms with van der Waals surface area (Å²) < 4.78 is 24.4. The number of hydrogen-bond acceptors (Lipinski definition) is 1. The van der Waals surface area contributed by atoms with Crippen molar-refractivity contribution in [2.75, 3.05) is 0 Å². The Hall–Kier alpha value is -0.870. The quantitative estimate of drug-likeness (QED) is 0.858. The van der Waals surface area contributed by atoms with E-state index in [9.17, 15) is 13.6 Å². The molecule has 0 bridgehead atoms. The predicted molar refractivity (Wildman–Crippen MR) is 48.4 cm³/mol. The summed E-state index contributed by atoms with van der Waals surface area (Å²) in [6.07, 6.45) is -2.73. The smallest absolute Gasteiger partial charge is 0.338 e. The van der Waals surface area contributed by atoms with Crippen LogP contribution in [0.4, 0.5) is 8.78 Å². The zero-order valence-corrected chi connectivity index (χ0v) is 8.11. The van der Waals surface area contributed by atoms with E-state index in [2.05, 4.69) is 0 Å². The highest BCUT2D eigenvalue weighted by atomic mass is 35.5. The van der Waals surface area contributed by atoms with Gasteiger partial charge < -0.3 is 5.11 Å². The van der Waals surface area contributed by atoms with Crippen molar-refractivity contribution in [2.45, 2.75) is 6.43 Å². The number of rotatable bonds is 2. The predicted octanol–water partition coefficient (Wildman–Crippen LogP) is 3.63. The Kier molecular flexibility index (Phi) is 3.29. The molecule has 0 spiro atoms. The van der Waals surface area contributed by atoms with Gasteiger partial charge >= 0.3 is 5.97 Å². The topological polar surface area (TPSA) is 37.3 Å². The first-order valence-electron chi connectivity index (χ1n) is 3.44. The Bertz CT molecular complexity index is 357. The number of aromatic carboxylic acids is 1. The Morgan fingerprint density at radius 1 is 1.29 bits per heavy atom. The van der Waals surface area contributed by atoms with Gasteiger partial charge in [0.1, 0.15) is 0 Å². The van der Waals surface area contributed by atoms with Gasteiger partial charge in [-0.2, -0.15) is 0 Å². The molecular formula is C8H4Cl2F2O2. The molecule has 0 aliphatic rings. The van der Waals surface area contributed by atoms with E-state index in [0.29, 0.717) is 0 Å². The fraction of sp³-hybridized carbons (Fsp3) is 0.125. The van der Waals surface area contributed by atoms with Crippen LogP contribution in [0.3, 0.4) is 0 Å². The van der Waals surface area contributed by atoms with E-state index >= 15 is 0 Å². The number of carbonyl (C=O) groups is 1. The molecule has 0 atom stereocenters. The van der Waals surface area contributed by atoms with Crippen LogP contribution in [0.1, 0.15) is 22.3 Å². The van der Waals surface area contributed by atoms with Crippen LogP contribution < -0.4 is 0 Å². The molecular weight excluding hydrogens is 237 g/mol. The van der Waals surface area contributed by atoms with Crippen LogP contribution >= 0.6 is 23.2 Å². The summed E-state index contributed by atoms with van der Waals surface area (Å²) in [6, 6.07) is 1.78. The Labute approximate surface area is 88.1 Å². The normalized spacial score (nSPS) is 10.6. The standard InChI is InChI=1S/C8H4Cl2F2O2/c9-4-1-3(7(11)12)2-5(10)6(4)8(13)14/h1-2,7H,(H,13,14). The number of alkyl halides is 2. The second-order valence-corrected chi connectivity index (χ2v) is 3.28. The fourth-order valence-electron chi connectivity index (χ4n) is 0.923. The SMILES string of the molecule is O=C(O)c1c(Cl)cc(C(F)F)cc1Cl. The van der Waals surface area contributed by atoms with Gasteiger partial charge in [0.05, 0.1) is 15.6 Å². The van der Waals surface area contributed by atoms with Gasteiger partial charge in [-0.25, -0.2) is 13.6 Å². The molecule has 0 fully saturated rings. The van der Waals surface area contributed by atoms with Gasteiger partial charge in [-0.05, 0) is 12.1 Å². The molecule has 76 valence electrons. The monoisotopic (exact) mass is 240 g/mol. The van der Waals surface area contributed by atoms with E-state index in [1.54, 1.807) is 0 Å². The van der Waals surface area contributed by atoms with Crippen molar-refractivity contribution in [2.24, 2.45) is 0 Å². The van der Waals surface area contributed by atoms with Gasteiger partial charge in [0, 0.05) is 5.56 Å². The van der Waals surface area contributed by atoms with E-state index in [1.165, 1.54) is 0 Å². The third-order valence-corrected chi connectivity index (χ3v) is 2.13. The molecule has 2 nitrogen and oxygen atoms in total. The summed E-state index contributed by atoms with van der Waals surface area (Å²) in [6.45, 7) is 0. The van der Waals surface area contributed by atoms with E-state index in [0.717, 1.165) is 12.1 Å². The molecule has 0 saturated heterocycles. The molecule has 1 rings (SSSR count). The molecule has 0 saturated carbocycles. The molecule has 0 aliphatic heterocycles. The first kappa shape index (κ1) is 11.2. The third-order valence-electron chi connectivity index (χ3n) is 1.53. The molecule has 0 aliphatic carbocycles. The molecule has 1 aromatic rings. The molecule has 1 N–H and O–H groups in total. The minimum Gasteiger partial charge on any atom is -0.478 e. The van der Waals surface area contributed by atoms with Crippen molar-refractivity contribution in [3.05, 3.63) is 33.3 Å². The van der Waals surface area contributed by atoms with E-state index in [1.807, 2.05) is 0 Å². The fourth-order valence-corrected chi connectivity index (χ4v) is 1.59. The molecule has 1 aromatic carbocycles. The number of hydrogen-bond donors (Lipinski definition) is 1. The second-order valence-electron chi connectivity index (χ2n) is 2.47. The van der Waals surface area contributed by atoms with E-state index < -0.39 is 18.0 Å². The Morgan fingerprint density at radius 3 is 2.00 bits per heavy atom. The summed E-state index contributed by atoms with van der Waals surface area (Å²) in [7, 11) is 0. The summed E-state index contributed by atoms with van der Waals surface area (Å²) in [5, 5.41) is 8.04. The lowest BCUT2D eigenvalue weighted by molar-refractivity contribution is 0.0697. The van der Waals surface area contributed by atoms with Gasteiger partial charge in [0.2, 0.25) is 0 Å². The molecule has 6 heteroatoms. The van der Waals surface area contributed by atoms with Crippen molar-refractivity contribution in [3.8, 4) is 0 Å². The minimum atomic E-state index is -2.73. The first-order valence-corrected chi connectivity index (χ1v) is 4.19. The molecule has 0 radical (unpaired) electrons. The lowest BCUT2D eigenvalue weighted by Crippen LogP contribution is -2.00. The first-order chi connectivity index (χ1) is 6.43. The van der Waals surface area contributed by atoms with E-state index in [4.69, 9.17) is 28.3 Å². The maximum Gasteiger partial charge on any atom is 0.338 e. The van der Waals surface area contributed by atoms with Crippen LogP contribution in [-0.2, 0) is 0 Å². The lowest BCUT2D eigenvalue weighted by Gasteiger charge is -2.05. The second kappa shape index (κ2) is 4.11. The van der Waals surface area contributed by atoms with Crippen LogP contribution in [-0.4, -0.2) is 11.1 Å². The molecule has 0 amide bonds. The van der Waals surface area contributed by atoms with Crippen molar-refractivity contribution >= 4 is 29.2 Å². The van der Waals surface area contributed by atoms with Crippen molar-refractivity contribution in [1.82, 2.24) is 0 Å². The van der Waals surface area contributed by atoms with E-state index in [-0.39, 0.29) is 15.6 Å². The number of benzene rings is 1. The Balaban J connectivity index is 3.32. The van der Waals surface area contributed by atoms with Crippen LogP contribution in [0.15, 0.2) is 12.1 Å². The van der Waals surface area contributed by atoms with Crippen LogP contribution in [0.25, 0.3) is 0 Å². The van der Waals surface area contributed by atoms with Crippen molar-refractivity contribution in [1.29, 1.82) is 0 Å². The summed E-state index contributed by atoms with van der Waals surface area (Å²) in [5.74, 6) is -1.35. The lowest BCUT2D eigenvalue weighted by atomic mass is 10.1. The van der Waals surface area contributed by atoms with Crippen LogP contribution in [0.2, 0.25) is 10.0 Å². The van der Waals surface area contributed by atoms with Gasteiger partial charge in [-0.3, -0.25) is 0 Å². The van der Waals surface area contributed by atoms with Crippen LogP contribution in [0.5, 0.6) is 0 Å². The largest absolute Gasteiger partial charge is 0.478 e. The van der Waals surface area contributed by atoms with Crippen molar-refractivity contribution in [3.63, 3.8) is 0 Å². The zero-order valence-electron chi connectivity index (χ0n) is 6.60. The van der Waals surface area contributed by atoms with Gasteiger partial charge in [-0.15, -0.1) is 0 Å². The number of carboxylic acids is 1. The van der Waals surface area contributed by atoms with Crippen LogP contribution in [0, 0.1) is 0 Å². The molecule has 14 heavy (non-hydrogen) atoms. The van der Waals surface area contributed by atoms with Gasteiger partial charge in [0.15, 0.2) is 0 Å². The molecule has 0 aromatic heterocycles. The van der Waals surface area contributed by atoms with Gasteiger partial charge in [-0.1, -0.05) is 23.2 Å². The Morgan fingerprint density at radius 2 is 1.71 bits per heavy atom. The zero-order chi connectivity index (χ0) is 10.9. The highest BCUT2D eigenvalue weighted by Crippen LogP contribution is 2.30. The average molecular weight is 241 g/mol. The summed E-state index contributed by atoms with van der Waals surface area (Å²) >= 11 is 11.0. The highest BCUT2D eigenvalue weighted by molar-refractivity contribution is 6.39.